The van der Waals surface area contributed by atoms with Crippen molar-refractivity contribution in [1.82, 2.24) is 15.1 Å². The van der Waals surface area contributed by atoms with Gasteiger partial charge in [0.25, 0.3) is 5.91 Å². The molecule has 0 saturated heterocycles. The Labute approximate surface area is 67.2 Å². The number of hydrogen-bond donors (Lipinski definition) is 3. The summed E-state index contributed by atoms with van der Waals surface area (Å²) in [6.45, 7) is 0. The second-order valence-electron chi connectivity index (χ2n) is 2.19. The number of amides is 1. The minimum atomic E-state index is -0.576. The number of hydrogen-bond acceptors (Lipinski definition) is 5. The summed E-state index contributed by atoms with van der Waals surface area (Å²) < 4.78 is 1.55. The molecule has 1 aliphatic heterocycles. The summed E-state index contributed by atoms with van der Waals surface area (Å²) in [4.78, 5) is 14.6. The van der Waals surface area contributed by atoms with Gasteiger partial charge < -0.3 is 5.73 Å². The third-order valence-electron chi connectivity index (χ3n) is 1.45. The monoisotopic (exact) mass is 166 g/mol. The van der Waals surface area contributed by atoms with E-state index in [2.05, 4.69) is 21.0 Å². The van der Waals surface area contributed by atoms with Gasteiger partial charge in [-0.25, -0.2) is 10.5 Å². The van der Waals surface area contributed by atoms with Crippen molar-refractivity contribution in [2.24, 2.45) is 10.8 Å². The van der Waals surface area contributed by atoms with Crippen molar-refractivity contribution in [3.63, 3.8) is 0 Å². The van der Waals surface area contributed by atoms with E-state index in [0.717, 1.165) is 0 Å². The molecule has 0 aliphatic carbocycles. The highest BCUT2D eigenvalue weighted by Gasteiger charge is 2.15. The first kappa shape index (κ1) is 6.65. The molecule has 1 amide bonds. The summed E-state index contributed by atoms with van der Waals surface area (Å²) in [6.07, 6.45) is 2.93. The molecule has 0 radical (unpaired) electrons. The van der Waals surface area contributed by atoms with Crippen LogP contribution in [0.5, 0.6) is 0 Å². The van der Waals surface area contributed by atoms with Gasteiger partial charge in [0.15, 0.2) is 11.5 Å². The fraction of sp³-hybridized carbons (Fsp3) is 0. The zero-order chi connectivity index (χ0) is 8.55. The normalized spacial score (nSPS) is 13.0. The van der Waals surface area contributed by atoms with Gasteiger partial charge in [-0.3, -0.25) is 14.8 Å². The fourth-order valence-electron chi connectivity index (χ4n) is 0.929. The fourth-order valence-corrected chi connectivity index (χ4v) is 0.929. The van der Waals surface area contributed by atoms with Crippen LogP contribution < -0.4 is 16.7 Å². The van der Waals surface area contributed by atoms with Gasteiger partial charge in [-0.15, -0.1) is 5.10 Å². The zero-order valence-electron chi connectivity index (χ0n) is 5.98. The highest BCUT2D eigenvalue weighted by Crippen LogP contribution is 2.12. The lowest BCUT2D eigenvalue weighted by atomic mass is 10.4. The highest BCUT2D eigenvalue weighted by atomic mass is 16.1. The van der Waals surface area contributed by atoms with Crippen LogP contribution in [0, 0.1) is 0 Å². The van der Waals surface area contributed by atoms with Gasteiger partial charge in [-0.05, 0) is 0 Å². The predicted octanol–water partition coefficient (Wildman–Crippen LogP) is -1.30. The Morgan fingerprint density at radius 3 is 3.25 bits per heavy atom. The lowest BCUT2D eigenvalue weighted by Crippen LogP contribution is -2.26. The van der Waals surface area contributed by atoms with Crippen LogP contribution in [0.3, 0.4) is 0 Å². The zero-order valence-corrected chi connectivity index (χ0v) is 5.98. The van der Waals surface area contributed by atoms with Crippen molar-refractivity contribution in [1.29, 1.82) is 0 Å². The van der Waals surface area contributed by atoms with Crippen molar-refractivity contribution < 1.29 is 4.79 Å². The molecular weight excluding hydrogens is 160 g/mol. The van der Waals surface area contributed by atoms with Crippen LogP contribution >= 0.6 is 0 Å². The molecule has 0 fully saturated rings. The van der Waals surface area contributed by atoms with Crippen LogP contribution in [-0.4, -0.2) is 21.8 Å². The van der Waals surface area contributed by atoms with E-state index < -0.39 is 5.91 Å². The molecule has 0 spiro atoms. The number of rotatable bonds is 1. The van der Waals surface area contributed by atoms with Crippen molar-refractivity contribution in [3.05, 3.63) is 12.0 Å². The van der Waals surface area contributed by atoms with E-state index in [4.69, 9.17) is 5.73 Å². The average Bonchev–Trinajstić information content (AvgIpc) is 2.47. The summed E-state index contributed by atoms with van der Waals surface area (Å²) >= 11 is 0. The van der Waals surface area contributed by atoms with Crippen LogP contribution in [0.2, 0.25) is 0 Å². The largest absolute Gasteiger partial charge is 0.364 e. The third kappa shape index (κ3) is 0.797. The Morgan fingerprint density at radius 2 is 2.50 bits per heavy atom. The smallest absolute Gasteiger partial charge is 0.271 e. The standard InChI is InChI=1S/C5H6N6O/c6-4(12)3-5-9-10-8-2-11(5)1-7-3/h1-2,9-10H,(H2,6,12). The SMILES string of the molecule is NC(=O)c1ncn2c1NNN=C2. The second-order valence-corrected chi connectivity index (χ2v) is 2.19. The van der Waals surface area contributed by atoms with Crippen molar-refractivity contribution >= 4 is 18.1 Å². The molecule has 62 valence electrons. The summed E-state index contributed by atoms with van der Waals surface area (Å²) in [5.74, 6) is -0.0779. The molecule has 2 rings (SSSR count). The molecule has 0 saturated carbocycles. The van der Waals surface area contributed by atoms with Crippen LogP contribution in [-0.2, 0) is 0 Å². The number of aromatic nitrogens is 2. The van der Waals surface area contributed by atoms with Gasteiger partial charge in [0.05, 0.1) is 0 Å². The molecule has 0 atom stereocenters. The molecule has 0 bridgehead atoms. The molecule has 7 heteroatoms. The average molecular weight is 166 g/mol. The number of carbonyl (C=O) groups is 1. The summed E-state index contributed by atoms with van der Waals surface area (Å²) in [6, 6.07) is 0. The Balaban J connectivity index is 2.53. The van der Waals surface area contributed by atoms with Gasteiger partial charge in [0.1, 0.15) is 12.7 Å². The number of nitrogens with one attached hydrogen (secondary N) is 2. The molecule has 1 aliphatic rings. The van der Waals surface area contributed by atoms with E-state index in [0.29, 0.717) is 5.82 Å². The molecular formula is C5H6N6O. The number of hydrazine groups is 1. The molecule has 4 N–H and O–H groups in total. The van der Waals surface area contributed by atoms with Crippen LogP contribution in [0.15, 0.2) is 11.4 Å². The number of carbonyl (C=O) groups excluding carboxylic acids is 1. The van der Waals surface area contributed by atoms with Crippen molar-refractivity contribution in [3.8, 4) is 0 Å². The number of nitrogens with zero attached hydrogens (tertiary/aromatic N) is 3. The van der Waals surface area contributed by atoms with Crippen LogP contribution in [0.1, 0.15) is 10.5 Å². The van der Waals surface area contributed by atoms with Crippen molar-refractivity contribution in [2.75, 3.05) is 5.43 Å². The van der Waals surface area contributed by atoms with Gasteiger partial charge >= 0.3 is 0 Å². The van der Waals surface area contributed by atoms with E-state index >= 15 is 0 Å². The lowest BCUT2D eigenvalue weighted by Gasteiger charge is -2.10. The Hall–Kier alpha value is -2.05. The summed E-state index contributed by atoms with van der Waals surface area (Å²) in [5.41, 5.74) is 10.4. The highest BCUT2D eigenvalue weighted by molar-refractivity contribution is 5.96. The second kappa shape index (κ2) is 2.22. The number of anilines is 1. The van der Waals surface area contributed by atoms with E-state index in [9.17, 15) is 4.79 Å². The van der Waals surface area contributed by atoms with Crippen molar-refractivity contribution in [2.45, 2.75) is 0 Å². The number of hydrazone groups is 1. The quantitative estimate of drug-likeness (QED) is 0.483. The summed E-state index contributed by atoms with van der Waals surface area (Å²) in [7, 11) is 0. The molecule has 12 heavy (non-hydrogen) atoms. The minimum absolute atomic E-state index is 0.189. The van der Waals surface area contributed by atoms with Gasteiger partial charge in [-0.1, -0.05) is 0 Å². The van der Waals surface area contributed by atoms with Crippen LogP contribution in [0.4, 0.5) is 5.82 Å². The Morgan fingerprint density at radius 1 is 1.67 bits per heavy atom. The molecule has 1 aromatic rings. The van der Waals surface area contributed by atoms with Gasteiger partial charge in [-0.2, -0.15) is 0 Å². The first-order valence-electron chi connectivity index (χ1n) is 3.20. The minimum Gasteiger partial charge on any atom is -0.364 e. The number of fused-ring (bicyclic) bond motifs is 1. The Bertz CT molecular complexity index is 353. The maximum absolute atomic E-state index is 10.8. The number of imidazole rings is 1. The van der Waals surface area contributed by atoms with Gasteiger partial charge in [0.2, 0.25) is 0 Å². The number of nitrogens with two attached hydrogens (primary N) is 1. The Kier molecular flexibility index (Phi) is 1.23. The molecule has 7 nitrogen and oxygen atoms in total. The molecule has 0 aromatic carbocycles. The maximum atomic E-state index is 10.8. The third-order valence-corrected chi connectivity index (χ3v) is 1.45. The number of primary amides is 1. The van der Waals surface area contributed by atoms with Gasteiger partial charge in [0, 0.05) is 0 Å². The molecule has 1 aromatic heterocycles. The first-order valence-corrected chi connectivity index (χ1v) is 3.20. The first-order chi connectivity index (χ1) is 5.79. The lowest BCUT2D eigenvalue weighted by molar-refractivity contribution is 0.0997. The van der Waals surface area contributed by atoms with E-state index in [1.54, 1.807) is 4.57 Å². The van der Waals surface area contributed by atoms with E-state index in [1.165, 1.54) is 12.7 Å². The van der Waals surface area contributed by atoms with Crippen LogP contribution in [0.25, 0.3) is 0 Å². The summed E-state index contributed by atoms with van der Waals surface area (Å²) in [5, 5.41) is 3.68. The molecule has 0 unspecified atom stereocenters. The van der Waals surface area contributed by atoms with E-state index in [1.807, 2.05) is 0 Å². The maximum Gasteiger partial charge on any atom is 0.271 e. The predicted molar refractivity (Wildman–Crippen MR) is 41.4 cm³/mol. The topological polar surface area (TPSA) is 97.3 Å². The van der Waals surface area contributed by atoms with E-state index in [-0.39, 0.29) is 5.69 Å². The molecule has 2 heterocycles.